The summed E-state index contributed by atoms with van der Waals surface area (Å²) in [5, 5.41) is 11.8. The molecule has 1 saturated heterocycles. The molecule has 1 aliphatic carbocycles. The summed E-state index contributed by atoms with van der Waals surface area (Å²) in [6, 6.07) is 17.7. The number of aliphatic hydroxyl groups is 1. The number of nitrogens with zero attached hydrogens (tertiary/aromatic N) is 2. The van der Waals surface area contributed by atoms with E-state index in [1.165, 1.54) is 11.9 Å². The number of amides is 1. The number of nitrogens with one attached hydrogen (secondary N) is 1. The van der Waals surface area contributed by atoms with Crippen molar-refractivity contribution in [3.8, 4) is 0 Å². The molecule has 2 aliphatic rings. The molecule has 1 aromatic heterocycles. The molecule has 2 aromatic carbocycles. The van der Waals surface area contributed by atoms with Crippen molar-refractivity contribution < 1.29 is 9.90 Å². The Morgan fingerprint density at radius 2 is 1.80 bits per heavy atom. The molecule has 0 atom stereocenters. The number of fused-ring (bicyclic) bond motifs is 1. The first kappa shape index (κ1) is 19.4. The maximum absolute atomic E-state index is 12.8. The van der Waals surface area contributed by atoms with Gasteiger partial charge in [-0.3, -0.25) is 9.78 Å². The van der Waals surface area contributed by atoms with Gasteiger partial charge < -0.3 is 14.7 Å². The Balaban J connectivity index is 1.21. The summed E-state index contributed by atoms with van der Waals surface area (Å²) in [5.74, 6) is 0.500. The maximum atomic E-state index is 12.8. The molecule has 2 N–H and O–H groups in total. The van der Waals surface area contributed by atoms with Crippen LogP contribution < -0.4 is 4.72 Å². The van der Waals surface area contributed by atoms with Gasteiger partial charge in [-0.05, 0) is 79.9 Å². The molecule has 0 bridgehead atoms. The van der Waals surface area contributed by atoms with Crippen molar-refractivity contribution in [2.75, 3.05) is 17.8 Å². The highest BCUT2D eigenvalue weighted by Gasteiger charge is 2.45. The quantitative estimate of drug-likeness (QED) is 0.585. The highest BCUT2D eigenvalue weighted by atomic mass is 32.2. The second kappa shape index (κ2) is 7.93. The van der Waals surface area contributed by atoms with Crippen molar-refractivity contribution in [2.24, 2.45) is 5.92 Å². The molecule has 30 heavy (non-hydrogen) atoms. The molecule has 1 aliphatic heterocycles. The predicted octanol–water partition coefficient (Wildman–Crippen LogP) is 4.73. The molecule has 1 saturated carbocycles. The lowest BCUT2D eigenvalue weighted by atomic mass is 9.86. The molecule has 3 aromatic rings. The fourth-order valence-electron chi connectivity index (χ4n) is 4.26. The lowest BCUT2D eigenvalue weighted by Crippen LogP contribution is -2.47. The minimum Gasteiger partial charge on any atom is -0.389 e. The summed E-state index contributed by atoms with van der Waals surface area (Å²) in [5.41, 5.74) is 2.05. The van der Waals surface area contributed by atoms with Crippen molar-refractivity contribution in [1.29, 1.82) is 0 Å². The normalized spacial score (nSPS) is 18.4. The van der Waals surface area contributed by atoms with Gasteiger partial charge in [0, 0.05) is 35.9 Å². The molecule has 0 unspecified atom stereocenters. The van der Waals surface area contributed by atoms with Crippen LogP contribution in [0.5, 0.6) is 0 Å². The molecular formula is C24H25N3O2S. The third-order valence-corrected chi connectivity index (χ3v) is 7.15. The van der Waals surface area contributed by atoms with Crippen LogP contribution in [0.2, 0.25) is 0 Å². The summed E-state index contributed by atoms with van der Waals surface area (Å²) >= 11 is 1.52. The number of aromatic nitrogens is 1. The number of piperidine rings is 1. The second-order valence-corrected chi connectivity index (χ2v) is 9.13. The highest BCUT2D eigenvalue weighted by molar-refractivity contribution is 8.00. The average molecular weight is 420 g/mol. The Morgan fingerprint density at radius 1 is 1.07 bits per heavy atom. The van der Waals surface area contributed by atoms with E-state index in [2.05, 4.69) is 21.8 Å². The van der Waals surface area contributed by atoms with Gasteiger partial charge in [-0.1, -0.05) is 18.2 Å². The Labute approximate surface area is 180 Å². The Bertz CT molecular complexity index is 1050. The Morgan fingerprint density at radius 3 is 2.53 bits per heavy atom. The average Bonchev–Trinajstić information content (AvgIpc) is 3.64. The van der Waals surface area contributed by atoms with Gasteiger partial charge in [0.15, 0.2) is 0 Å². The number of para-hydroxylation sites is 1. The van der Waals surface area contributed by atoms with E-state index in [1.807, 2.05) is 47.4 Å². The lowest BCUT2D eigenvalue weighted by Gasteiger charge is -2.38. The number of rotatable bonds is 5. The van der Waals surface area contributed by atoms with Crippen molar-refractivity contribution in [2.45, 2.75) is 36.2 Å². The SMILES string of the molecule is O=C(c1ccc(NSc2cccc3cccnc23)cc1)N1CCC(O)(C2CC2)CC1. The van der Waals surface area contributed by atoms with Crippen LogP contribution >= 0.6 is 11.9 Å². The zero-order chi connectivity index (χ0) is 20.6. The van der Waals surface area contributed by atoms with Crippen molar-refractivity contribution in [3.05, 3.63) is 66.4 Å². The van der Waals surface area contributed by atoms with E-state index in [0.717, 1.165) is 34.3 Å². The first-order valence-corrected chi connectivity index (χ1v) is 11.3. The number of likely N-dealkylation sites (tertiary alicyclic amines) is 1. The maximum Gasteiger partial charge on any atom is 0.253 e. The van der Waals surface area contributed by atoms with Crippen LogP contribution in [-0.2, 0) is 0 Å². The van der Waals surface area contributed by atoms with Crippen LogP contribution in [-0.4, -0.2) is 39.6 Å². The van der Waals surface area contributed by atoms with E-state index in [9.17, 15) is 9.90 Å². The summed E-state index contributed by atoms with van der Waals surface area (Å²) in [4.78, 5) is 20.3. The molecule has 5 nitrogen and oxygen atoms in total. The standard InChI is InChI=1S/C24H25N3O2S/c28-23(27-15-12-24(29,13-16-27)19-8-9-19)18-6-10-20(11-7-18)26-30-21-5-1-3-17-4-2-14-25-22(17)21/h1-7,10-11,14,19,26,29H,8-9,12-13,15-16H2. The Hall–Kier alpha value is -2.57. The summed E-state index contributed by atoms with van der Waals surface area (Å²) in [6.45, 7) is 1.27. The smallest absolute Gasteiger partial charge is 0.253 e. The van der Waals surface area contributed by atoms with Crippen LogP contribution in [0.3, 0.4) is 0 Å². The van der Waals surface area contributed by atoms with Gasteiger partial charge in [0.1, 0.15) is 0 Å². The third-order valence-electron chi connectivity index (χ3n) is 6.26. The monoisotopic (exact) mass is 419 g/mol. The number of carbonyl (C=O) groups is 1. The summed E-state index contributed by atoms with van der Waals surface area (Å²) in [6.07, 6.45) is 5.45. The van der Waals surface area contributed by atoms with Gasteiger partial charge in [0.2, 0.25) is 0 Å². The van der Waals surface area contributed by atoms with E-state index < -0.39 is 5.60 Å². The number of pyridine rings is 1. The molecular weight excluding hydrogens is 394 g/mol. The van der Waals surface area contributed by atoms with Crippen LogP contribution in [0.4, 0.5) is 5.69 Å². The van der Waals surface area contributed by atoms with Crippen LogP contribution in [0.1, 0.15) is 36.0 Å². The predicted molar refractivity (Wildman–Crippen MR) is 120 cm³/mol. The Kier molecular flexibility index (Phi) is 5.13. The zero-order valence-corrected chi connectivity index (χ0v) is 17.6. The van der Waals surface area contributed by atoms with Crippen LogP contribution in [0.15, 0.2) is 65.7 Å². The van der Waals surface area contributed by atoms with Crippen molar-refractivity contribution >= 4 is 34.4 Å². The number of anilines is 1. The molecule has 1 amide bonds. The van der Waals surface area contributed by atoms with Crippen molar-refractivity contribution in [1.82, 2.24) is 9.88 Å². The number of hydrogen-bond acceptors (Lipinski definition) is 5. The topological polar surface area (TPSA) is 65.5 Å². The minimum absolute atomic E-state index is 0.0466. The number of hydrogen-bond donors (Lipinski definition) is 2. The van der Waals surface area contributed by atoms with Gasteiger partial charge >= 0.3 is 0 Å². The molecule has 6 heteroatoms. The lowest BCUT2D eigenvalue weighted by molar-refractivity contribution is -0.0339. The van der Waals surface area contributed by atoms with Gasteiger partial charge in [-0.2, -0.15) is 0 Å². The molecule has 0 spiro atoms. The zero-order valence-electron chi connectivity index (χ0n) is 16.8. The van der Waals surface area contributed by atoms with Crippen LogP contribution in [0.25, 0.3) is 10.9 Å². The second-order valence-electron chi connectivity index (χ2n) is 8.28. The first-order chi connectivity index (χ1) is 14.6. The van der Waals surface area contributed by atoms with E-state index in [-0.39, 0.29) is 5.91 Å². The third kappa shape index (κ3) is 3.89. The minimum atomic E-state index is -0.543. The fraction of sp³-hybridized carbons (Fsp3) is 0.333. The van der Waals surface area contributed by atoms with E-state index in [0.29, 0.717) is 37.4 Å². The van der Waals surface area contributed by atoms with Gasteiger partial charge in [-0.25, -0.2) is 0 Å². The van der Waals surface area contributed by atoms with E-state index in [1.54, 1.807) is 6.20 Å². The van der Waals surface area contributed by atoms with Gasteiger partial charge in [-0.15, -0.1) is 0 Å². The fourth-order valence-corrected chi connectivity index (χ4v) is 5.04. The van der Waals surface area contributed by atoms with E-state index >= 15 is 0 Å². The summed E-state index contributed by atoms with van der Waals surface area (Å²) in [7, 11) is 0. The van der Waals surface area contributed by atoms with Gasteiger partial charge in [0.25, 0.3) is 5.91 Å². The molecule has 0 radical (unpaired) electrons. The van der Waals surface area contributed by atoms with Gasteiger partial charge in [0.05, 0.1) is 16.0 Å². The summed E-state index contributed by atoms with van der Waals surface area (Å²) < 4.78 is 3.35. The first-order valence-electron chi connectivity index (χ1n) is 10.5. The molecule has 5 rings (SSSR count). The molecule has 154 valence electrons. The number of benzene rings is 2. The highest BCUT2D eigenvalue weighted by Crippen LogP contribution is 2.45. The molecule has 2 heterocycles. The molecule has 2 fully saturated rings. The largest absolute Gasteiger partial charge is 0.389 e. The van der Waals surface area contributed by atoms with Crippen LogP contribution in [0, 0.1) is 5.92 Å². The van der Waals surface area contributed by atoms with Crippen molar-refractivity contribution in [3.63, 3.8) is 0 Å². The van der Waals surface area contributed by atoms with E-state index in [4.69, 9.17) is 0 Å². The number of carbonyl (C=O) groups excluding carboxylic acids is 1.